The van der Waals surface area contributed by atoms with Crippen LogP contribution in [0.15, 0.2) is 0 Å². The molecule has 0 radical (unpaired) electrons. The monoisotopic (exact) mass is 228 g/mol. The molecule has 0 unspecified atom stereocenters. The van der Waals surface area contributed by atoms with Crippen molar-refractivity contribution in [2.24, 2.45) is 11.7 Å². The van der Waals surface area contributed by atoms with Crippen molar-refractivity contribution in [1.29, 1.82) is 0 Å². The maximum Gasteiger partial charge on any atom is 0.222 e. The summed E-state index contributed by atoms with van der Waals surface area (Å²) in [6.07, 6.45) is 5.28. The Kier molecular flexibility index (Phi) is 5.77. The summed E-state index contributed by atoms with van der Waals surface area (Å²) in [5.74, 6) is -0.144. The maximum atomic E-state index is 11.3. The molecule has 3 atom stereocenters. The molecular formula is C12H24N2O2. The zero-order valence-electron chi connectivity index (χ0n) is 10.4. The van der Waals surface area contributed by atoms with Gasteiger partial charge in [0.1, 0.15) is 0 Å². The van der Waals surface area contributed by atoms with E-state index in [-0.39, 0.29) is 17.9 Å². The summed E-state index contributed by atoms with van der Waals surface area (Å²) in [6.45, 7) is 2.88. The normalized spacial score (nSPS) is 27.6. The fraction of sp³-hybridized carbons (Fsp3) is 0.917. The largest absolute Gasteiger partial charge is 0.385 e. The van der Waals surface area contributed by atoms with Gasteiger partial charge in [0, 0.05) is 25.8 Å². The van der Waals surface area contributed by atoms with Gasteiger partial charge >= 0.3 is 0 Å². The molecule has 1 rings (SSSR count). The van der Waals surface area contributed by atoms with E-state index in [0.29, 0.717) is 6.04 Å². The van der Waals surface area contributed by atoms with E-state index in [1.807, 2.05) is 0 Å². The third kappa shape index (κ3) is 4.10. The molecule has 4 heteroatoms. The summed E-state index contributed by atoms with van der Waals surface area (Å²) in [7, 11) is 1.71. The first kappa shape index (κ1) is 13.5. The smallest absolute Gasteiger partial charge is 0.222 e. The van der Waals surface area contributed by atoms with E-state index in [0.717, 1.165) is 32.3 Å². The fourth-order valence-electron chi connectivity index (χ4n) is 2.41. The molecule has 0 heterocycles. The molecule has 94 valence electrons. The Morgan fingerprint density at radius 2 is 2.19 bits per heavy atom. The second-order valence-electron chi connectivity index (χ2n) is 4.75. The number of nitrogens with one attached hydrogen (secondary N) is 1. The molecule has 1 fully saturated rings. The Balaban J connectivity index is 2.39. The molecule has 0 aromatic carbocycles. The Morgan fingerprint density at radius 1 is 1.50 bits per heavy atom. The summed E-state index contributed by atoms with van der Waals surface area (Å²) >= 11 is 0. The Bertz CT molecular complexity index is 221. The quantitative estimate of drug-likeness (QED) is 0.714. The van der Waals surface area contributed by atoms with Crippen molar-refractivity contribution in [3.05, 3.63) is 0 Å². The minimum atomic E-state index is -0.156. The van der Waals surface area contributed by atoms with Crippen LogP contribution in [0.4, 0.5) is 0 Å². The van der Waals surface area contributed by atoms with Crippen LogP contribution in [0.25, 0.3) is 0 Å². The molecular weight excluding hydrogens is 204 g/mol. The van der Waals surface area contributed by atoms with E-state index in [2.05, 4.69) is 12.2 Å². The van der Waals surface area contributed by atoms with Crippen molar-refractivity contribution < 1.29 is 9.53 Å². The van der Waals surface area contributed by atoms with Crippen LogP contribution >= 0.6 is 0 Å². The average molecular weight is 228 g/mol. The van der Waals surface area contributed by atoms with Gasteiger partial charge in [0.25, 0.3) is 0 Å². The average Bonchev–Trinajstić information content (AvgIpc) is 2.27. The first-order chi connectivity index (χ1) is 7.65. The lowest BCUT2D eigenvalue weighted by Gasteiger charge is -2.32. The molecule has 1 saturated carbocycles. The highest BCUT2D eigenvalue weighted by Gasteiger charge is 2.29. The van der Waals surface area contributed by atoms with Gasteiger partial charge in [0.05, 0.1) is 5.92 Å². The SMILES string of the molecule is COCC[C@H](C)N[C@H]1CCCC[C@@H]1C(N)=O. The molecule has 1 aliphatic rings. The summed E-state index contributed by atoms with van der Waals surface area (Å²) in [5, 5.41) is 3.50. The fourth-order valence-corrected chi connectivity index (χ4v) is 2.41. The van der Waals surface area contributed by atoms with Crippen molar-refractivity contribution in [1.82, 2.24) is 5.32 Å². The number of methoxy groups -OCH3 is 1. The Morgan fingerprint density at radius 3 is 2.81 bits per heavy atom. The predicted octanol–water partition coefficient (Wildman–Crippen LogP) is 1.05. The zero-order valence-corrected chi connectivity index (χ0v) is 10.4. The number of nitrogens with two attached hydrogens (primary N) is 1. The van der Waals surface area contributed by atoms with Gasteiger partial charge in [-0.1, -0.05) is 12.8 Å². The number of primary amides is 1. The Labute approximate surface area is 97.9 Å². The summed E-state index contributed by atoms with van der Waals surface area (Å²) in [6, 6.07) is 0.642. The van der Waals surface area contributed by atoms with Gasteiger partial charge in [0.2, 0.25) is 5.91 Å². The van der Waals surface area contributed by atoms with Crippen LogP contribution in [-0.4, -0.2) is 31.7 Å². The van der Waals surface area contributed by atoms with Crippen LogP contribution in [0.5, 0.6) is 0 Å². The number of ether oxygens (including phenoxy) is 1. The third-order valence-corrected chi connectivity index (χ3v) is 3.38. The predicted molar refractivity (Wildman–Crippen MR) is 64.0 cm³/mol. The molecule has 0 spiro atoms. The molecule has 1 aliphatic carbocycles. The summed E-state index contributed by atoms with van der Waals surface area (Å²) in [5.41, 5.74) is 5.43. The zero-order chi connectivity index (χ0) is 12.0. The lowest BCUT2D eigenvalue weighted by atomic mass is 9.83. The van der Waals surface area contributed by atoms with E-state index in [4.69, 9.17) is 10.5 Å². The second kappa shape index (κ2) is 6.86. The van der Waals surface area contributed by atoms with E-state index >= 15 is 0 Å². The van der Waals surface area contributed by atoms with Gasteiger partial charge in [0.15, 0.2) is 0 Å². The van der Waals surface area contributed by atoms with Crippen LogP contribution in [0.1, 0.15) is 39.0 Å². The number of carbonyl (C=O) groups is 1. The molecule has 0 aromatic heterocycles. The highest BCUT2D eigenvalue weighted by molar-refractivity contribution is 5.77. The van der Waals surface area contributed by atoms with Gasteiger partial charge in [-0.2, -0.15) is 0 Å². The summed E-state index contributed by atoms with van der Waals surface area (Å²) < 4.78 is 5.04. The van der Waals surface area contributed by atoms with Crippen LogP contribution in [0.2, 0.25) is 0 Å². The molecule has 0 bridgehead atoms. The summed E-state index contributed by atoms with van der Waals surface area (Å²) in [4.78, 5) is 11.3. The van der Waals surface area contributed by atoms with Crippen molar-refractivity contribution in [2.45, 2.75) is 51.1 Å². The molecule has 1 amide bonds. The number of amides is 1. The number of carbonyl (C=O) groups excluding carboxylic acids is 1. The van der Waals surface area contributed by atoms with Gasteiger partial charge in [-0.3, -0.25) is 4.79 Å². The lowest BCUT2D eigenvalue weighted by molar-refractivity contribution is -0.123. The molecule has 0 saturated heterocycles. The minimum Gasteiger partial charge on any atom is -0.385 e. The lowest BCUT2D eigenvalue weighted by Crippen LogP contribution is -2.48. The number of hydrogen-bond acceptors (Lipinski definition) is 3. The topological polar surface area (TPSA) is 64.3 Å². The van der Waals surface area contributed by atoms with Gasteiger partial charge < -0.3 is 15.8 Å². The van der Waals surface area contributed by atoms with Gasteiger partial charge in [-0.15, -0.1) is 0 Å². The first-order valence-corrected chi connectivity index (χ1v) is 6.19. The third-order valence-electron chi connectivity index (χ3n) is 3.38. The first-order valence-electron chi connectivity index (χ1n) is 6.19. The highest BCUT2D eigenvalue weighted by Crippen LogP contribution is 2.24. The van der Waals surface area contributed by atoms with Crippen LogP contribution < -0.4 is 11.1 Å². The van der Waals surface area contributed by atoms with Crippen LogP contribution in [0.3, 0.4) is 0 Å². The van der Waals surface area contributed by atoms with E-state index < -0.39 is 0 Å². The number of rotatable bonds is 6. The van der Waals surface area contributed by atoms with Crippen molar-refractivity contribution in [3.8, 4) is 0 Å². The van der Waals surface area contributed by atoms with Crippen molar-refractivity contribution >= 4 is 5.91 Å². The van der Waals surface area contributed by atoms with Crippen LogP contribution in [-0.2, 0) is 9.53 Å². The molecule has 16 heavy (non-hydrogen) atoms. The van der Waals surface area contributed by atoms with Gasteiger partial charge in [-0.05, 0) is 26.2 Å². The Hall–Kier alpha value is -0.610. The molecule has 0 aromatic rings. The van der Waals surface area contributed by atoms with E-state index in [1.54, 1.807) is 7.11 Å². The highest BCUT2D eigenvalue weighted by atomic mass is 16.5. The minimum absolute atomic E-state index is 0.0127. The molecule has 3 N–H and O–H groups in total. The van der Waals surface area contributed by atoms with E-state index in [9.17, 15) is 4.79 Å². The maximum absolute atomic E-state index is 11.3. The standard InChI is InChI=1S/C12H24N2O2/c1-9(7-8-16-2)14-11-6-4-3-5-10(11)12(13)15/h9-11,14H,3-8H2,1-2H3,(H2,13,15)/t9-,10-,11-/m0/s1. The van der Waals surface area contributed by atoms with Crippen LogP contribution in [0, 0.1) is 5.92 Å². The van der Waals surface area contributed by atoms with Crippen molar-refractivity contribution in [2.75, 3.05) is 13.7 Å². The second-order valence-corrected chi connectivity index (χ2v) is 4.75. The molecule has 0 aliphatic heterocycles. The van der Waals surface area contributed by atoms with Gasteiger partial charge in [-0.25, -0.2) is 0 Å². The molecule has 4 nitrogen and oxygen atoms in total. The number of hydrogen-bond donors (Lipinski definition) is 2. The van der Waals surface area contributed by atoms with Crippen molar-refractivity contribution in [3.63, 3.8) is 0 Å². The van der Waals surface area contributed by atoms with E-state index in [1.165, 1.54) is 6.42 Å².